The Balaban J connectivity index is 1.56. The van der Waals surface area contributed by atoms with E-state index >= 15 is 0 Å². The van der Waals surface area contributed by atoms with Gasteiger partial charge in [-0.3, -0.25) is 9.79 Å². The number of methoxy groups -OCH3 is 1. The van der Waals surface area contributed by atoms with E-state index in [1.54, 1.807) is 18.9 Å². The first-order valence-corrected chi connectivity index (χ1v) is 10.3. The van der Waals surface area contributed by atoms with Crippen LogP contribution in [0.4, 0.5) is 0 Å². The highest BCUT2D eigenvalue weighted by Crippen LogP contribution is 2.45. The van der Waals surface area contributed by atoms with Crippen LogP contribution in [0.5, 0.6) is 5.75 Å². The van der Waals surface area contributed by atoms with Gasteiger partial charge in [0.05, 0.1) is 13.2 Å². The van der Waals surface area contributed by atoms with Gasteiger partial charge < -0.3 is 10.1 Å². The molecule has 2 unspecified atom stereocenters. The second-order valence-electron chi connectivity index (χ2n) is 6.85. The molecule has 4 nitrogen and oxygen atoms in total. The zero-order valence-corrected chi connectivity index (χ0v) is 16.0. The van der Waals surface area contributed by atoms with E-state index in [2.05, 4.69) is 24.4 Å². The van der Waals surface area contributed by atoms with Gasteiger partial charge >= 0.3 is 0 Å². The Morgan fingerprint density at radius 2 is 2.16 bits per heavy atom. The van der Waals surface area contributed by atoms with Crippen LogP contribution in [0.25, 0.3) is 0 Å². The molecule has 1 heterocycles. The lowest BCUT2D eigenvalue weighted by Crippen LogP contribution is -2.27. The Morgan fingerprint density at radius 1 is 1.32 bits per heavy atom. The summed E-state index contributed by atoms with van der Waals surface area (Å²) in [5.74, 6) is 1.01. The number of fused-ring (bicyclic) bond motifs is 3. The van der Waals surface area contributed by atoms with E-state index in [-0.39, 0.29) is 11.9 Å². The van der Waals surface area contributed by atoms with Crippen molar-refractivity contribution >= 4 is 22.8 Å². The molecule has 136 valence electrons. The summed E-state index contributed by atoms with van der Waals surface area (Å²) in [6.07, 6.45) is 8.58. The number of hydrogen-bond donors (Lipinski definition) is 1. The summed E-state index contributed by atoms with van der Waals surface area (Å²) in [6, 6.07) is 6.43. The van der Waals surface area contributed by atoms with Crippen molar-refractivity contribution in [2.45, 2.75) is 69.6 Å². The topological polar surface area (TPSA) is 50.7 Å². The van der Waals surface area contributed by atoms with Crippen LogP contribution in [0.15, 0.2) is 23.2 Å². The summed E-state index contributed by atoms with van der Waals surface area (Å²) in [6.45, 7) is 2.20. The van der Waals surface area contributed by atoms with Gasteiger partial charge in [0.15, 0.2) is 5.17 Å². The van der Waals surface area contributed by atoms with Crippen molar-refractivity contribution in [1.82, 2.24) is 5.32 Å². The van der Waals surface area contributed by atoms with Gasteiger partial charge in [-0.2, -0.15) is 0 Å². The molecule has 1 amide bonds. The summed E-state index contributed by atoms with van der Waals surface area (Å²) < 4.78 is 5.33. The van der Waals surface area contributed by atoms with Gasteiger partial charge in [0.1, 0.15) is 5.75 Å². The molecule has 2 aliphatic rings. The Bertz CT molecular complexity index is 645. The fraction of sp³-hybridized carbons (Fsp3) is 0.600. The number of amidine groups is 1. The predicted octanol–water partition coefficient (Wildman–Crippen LogP) is 4.63. The second kappa shape index (κ2) is 8.75. The van der Waals surface area contributed by atoms with Crippen LogP contribution in [0.3, 0.4) is 0 Å². The molecule has 0 radical (unpaired) electrons. The van der Waals surface area contributed by atoms with E-state index < -0.39 is 0 Å². The van der Waals surface area contributed by atoms with E-state index in [4.69, 9.17) is 9.73 Å². The minimum atomic E-state index is 0.108. The van der Waals surface area contributed by atoms with Crippen LogP contribution in [0.2, 0.25) is 0 Å². The maximum Gasteiger partial charge on any atom is 0.225 e. The molecule has 25 heavy (non-hydrogen) atoms. The van der Waals surface area contributed by atoms with Crippen molar-refractivity contribution in [3.63, 3.8) is 0 Å². The molecule has 1 aliphatic carbocycles. The normalized spacial score (nSPS) is 21.3. The van der Waals surface area contributed by atoms with Gasteiger partial charge in [-0.15, -0.1) is 0 Å². The van der Waals surface area contributed by atoms with Crippen LogP contribution in [0, 0.1) is 0 Å². The molecule has 3 rings (SSSR count). The average molecular weight is 361 g/mol. The number of ether oxygens (including phenoxy) is 1. The highest BCUT2D eigenvalue weighted by Gasteiger charge is 2.36. The van der Waals surface area contributed by atoms with Crippen LogP contribution >= 0.6 is 11.8 Å². The molecule has 0 fully saturated rings. The quantitative estimate of drug-likeness (QED) is 0.721. The van der Waals surface area contributed by atoms with Crippen molar-refractivity contribution in [2.75, 3.05) is 7.11 Å². The van der Waals surface area contributed by atoms with Crippen LogP contribution in [-0.4, -0.2) is 23.4 Å². The predicted molar refractivity (Wildman–Crippen MR) is 104 cm³/mol. The van der Waals surface area contributed by atoms with Gasteiger partial charge in [0.2, 0.25) is 5.91 Å². The van der Waals surface area contributed by atoms with Gasteiger partial charge in [-0.05, 0) is 42.5 Å². The van der Waals surface area contributed by atoms with E-state index in [0.717, 1.165) is 36.6 Å². The first-order chi connectivity index (χ1) is 12.2. The first kappa shape index (κ1) is 18.3. The van der Waals surface area contributed by atoms with Gasteiger partial charge in [0.25, 0.3) is 0 Å². The fourth-order valence-electron chi connectivity index (χ4n) is 3.58. The zero-order chi connectivity index (χ0) is 17.6. The molecule has 0 spiro atoms. The lowest BCUT2D eigenvalue weighted by Gasteiger charge is -2.26. The van der Waals surface area contributed by atoms with Crippen LogP contribution < -0.4 is 10.1 Å². The summed E-state index contributed by atoms with van der Waals surface area (Å²) >= 11 is 1.73. The molecule has 1 aliphatic heterocycles. The minimum absolute atomic E-state index is 0.108. The molecule has 5 heteroatoms. The third-order valence-corrected chi connectivity index (χ3v) is 6.22. The standard InChI is InChI=1S/C20H28N2O2S/c1-3-4-5-6-7-8-18(23)21-20-22-19-16-11-10-15(24-2)13-14(16)9-12-17(19)25-20/h10-11,13,17,19H,3-9,12H2,1-2H3,(H,21,22,23). The van der Waals surface area contributed by atoms with E-state index in [1.165, 1.54) is 30.4 Å². The van der Waals surface area contributed by atoms with Crippen molar-refractivity contribution < 1.29 is 9.53 Å². The number of nitrogens with one attached hydrogen (secondary N) is 1. The number of benzene rings is 1. The fourth-order valence-corrected chi connectivity index (χ4v) is 4.78. The van der Waals surface area contributed by atoms with Crippen molar-refractivity contribution in [2.24, 2.45) is 4.99 Å². The molecular formula is C20H28N2O2S. The zero-order valence-electron chi connectivity index (χ0n) is 15.2. The molecule has 2 atom stereocenters. The minimum Gasteiger partial charge on any atom is -0.497 e. The smallest absolute Gasteiger partial charge is 0.225 e. The third kappa shape index (κ3) is 4.57. The number of nitrogens with zero attached hydrogens (tertiary/aromatic N) is 1. The molecular weight excluding hydrogens is 332 g/mol. The van der Waals surface area contributed by atoms with Crippen molar-refractivity contribution in [1.29, 1.82) is 0 Å². The number of thioether (sulfide) groups is 1. The average Bonchev–Trinajstić information content (AvgIpc) is 3.03. The molecule has 0 saturated carbocycles. The number of hydrogen-bond acceptors (Lipinski definition) is 4. The van der Waals surface area contributed by atoms with Crippen LogP contribution in [0.1, 0.15) is 69.0 Å². The van der Waals surface area contributed by atoms with E-state index in [0.29, 0.717) is 11.7 Å². The first-order valence-electron chi connectivity index (χ1n) is 9.42. The number of rotatable bonds is 7. The molecule has 0 bridgehead atoms. The maximum atomic E-state index is 12.1. The molecule has 1 N–H and O–H groups in total. The second-order valence-corrected chi connectivity index (χ2v) is 8.08. The lowest BCUT2D eigenvalue weighted by molar-refractivity contribution is -0.119. The summed E-state index contributed by atoms with van der Waals surface area (Å²) in [7, 11) is 1.70. The lowest BCUT2D eigenvalue weighted by atomic mass is 9.87. The van der Waals surface area contributed by atoms with Gasteiger partial charge in [-0.25, -0.2) is 0 Å². The molecule has 0 saturated heterocycles. The maximum absolute atomic E-state index is 12.1. The molecule has 1 aromatic carbocycles. The summed E-state index contributed by atoms with van der Waals surface area (Å²) in [5, 5.41) is 4.28. The number of aliphatic imine (C=N–C) groups is 1. The highest BCUT2D eigenvalue weighted by molar-refractivity contribution is 8.14. The number of carbonyl (C=O) groups excluding carboxylic acids is 1. The Morgan fingerprint density at radius 3 is 2.96 bits per heavy atom. The summed E-state index contributed by atoms with van der Waals surface area (Å²) in [4.78, 5) is 17.0. The highest BCUT2D eigenvalue weighted by atomic mass is 32.2. The number of aryl methyl sites for hydroxylation is 1. The van der Waals surface area contributed by atoms with E-state index in [9.17, 15) is 4.79 Å². The Labute approximate surface area is 154 Å². The monoisotopic (exact) mass is 360 g/mol. The molecule has 0 aromatic heterocycles. The largest absolute Gasteiger partial charge is 0.497 e. The SMILES string of the molecule is CCCCCCCC(=O)NC1=NC2c3ccc(OC)cc3CCC2S1. The van der Waals surface area contributed by atoms with Crippen molar-refractivity contribution in [3.05, 3.63) is 29.3 Å². The van der Waals surface area contributed by atoms with Gasteiger partial charge in [0, 0.05) is 11.7 Å². The van der Waals surface area contributed by atoms with Gasteiger partial charge in [-0.1, -0.05) is 50.4 Å². The van der Waals surface area contributed by atoms with E-state index in [1.807, 2.05) is 6.07 Å². The molecule has 1 aromatic rings. The Hall–Kier alpha value is -1.49. The third-order valence-electron chi connectivity index (χ3n) is 4.99. The van der Waals surface area contributed by atoms with Crippen LogP contribution in [-0.2, 0) is 11.2 Å². The van der Waals surface area contributed by atoms with Crippen molar-refractivity contribution in [3.8, 4) is 5.75 Å². The number of amides is 1. The number of carbonyl (C=O) groups is 1. The Kier molecular flexibility index (Phi) is 6.40. The number of unbranched alkanes of at least 4 members (excludes halogenated alkanes) is 4. The summed E-state index contributed by atoms with van der Waals surface area (Å²) in [5.41, 5.74) is 2.61.